The van der Waals surface area contributed by atoms with E-state index in [0.29, 0.717) is 23.1 Å². The molecule has 0 aliphatic carbocycles. The molecule has 1 N–H and O–H groups in total. The number of halogens is 1. The van der Waals surface area contributed by atoms with Crippen LogP contribution in [0.3, 0.4) is 0 Å². The Kier molecular flexibility index (Phi) is 8.49. The molecule has 2 rings (SSSR count). The lowest BCUT2D eigenvalue weighted by Gasteiger charge is -2.15. The maximum absolute atomic E-state index is 12.3. The zero-order valence-corrected chi connectivity index (χ0v) is 16.4. The Labute approximate surface area is 161 Å². The highest BCUT2D eigenvalue weighted by atomic mass is 35.5. The maximum Gasteiger partial charge on any atom is 0.251 e. The third kappa shape index (κ3) is 6.38. The van der Waals surface area contributed by atoms with E-state index >= 15 is 0 Å². The minimum Gasteiger partial charge on any atom is -0.489 e. The average Bonchev–Trinajstić information content (AvgIpc) is 2.67. The van der Waals surface area contributed by atoms with Gasteiger partial charge in [-0.1, -0.05) is 62.9 Å². The number of hydrogen-bond acceptors (Lipinski definition) is 2. The van der Waals surface area contributed by atoms with Gasteiger partial charge in [0, 0.05) is 22.7 Å². The fourth-order valence-electron chi connectivity index (χ4n) is 2.76. The van der Waals surface area contributed by atoms with Crippen LogP contribution in [0.25, 0.3) is 0 Å². The van der Waals surface area contributed by atoms with Crippen LogP contribution in [0.15, 0.2) is 48.5 Å². The number of nitrogens with one attached hydrogen (secondary N) is 1. The molecule has 1 atom stereocenters. The molecule has 0 fully saturated rings. The summed E-state index contributed by atoms with van der Waals surface area (Å²) in [4.78, 5) is 12.3. The molecule has 1 amide bonds. The molecule has 3 nitrogen and oxygen atoms in total. The van der Waals surface area contributed by atoms with E-state index in [0.717, 1.165) is 24.3 Å². The van der Waals surface area contributed by atoms with Crippen LogP contribution in [0.2, 0.25) is 5.02 Å². The summed E-state index contributed by atoms with van der Waals surface area (Å²) in [7, 11) is 0. The van der Waals surface area contributed by atoms with Gasteiger partial charge < -0.3 is 10.1 Å². The molecule has 0 aliphatic heterocycles. The molecule has 0 radical (unpaired) electrons. The highest BCUT2D eigenvalue weighted by molar-refractivity contribution is 6.31. The molecule has 26 heavy (non-hydrogen) atoms. The van der Waals surface area contributed by atoms with Crippen LogP contribution in [0.4, 0.5) is 0 Å². The summed E-state index contributed by atoms with van der Waals surface area (Å²) in [6, 6.07) is 14.8. The van der Waals surface area contributed by atoms with E-state index in [9.17, 15) is 4.79 Å². The molecule has 0 aliphatic rings. The molecule has 2 aromatic carbocycles. The van der Waals surface area contributed by atoms with Crippen molar-refractivity contribution in [2.24, 2.45) is 5.92 Å². The summed E-state index contributed by atoms with van der Waals surface area (Å²) in [5.41, 5.74) is 1.59. The number of carbonyl (C=O) groups excluding carboxylic acids is 1. The van der Waals surface area contributed by atoms with E-state index in [1.807, 2.05) is 36.4 Å². The Morgan fingerprint density at radius 2 is 1.85 bits per heavy atom. The number of ether oxygens (including phenoxy) is 1. The third-order valence-corrected chi connectivity index (χ3v) is 4.93. The number of unbranched alkanes of at least 4 members (excludes halogenated alkanes) is 1. The van der Waals surface area contributed by atoms with Gasteiger partial charge in [-0.25, -0.2) is 0 Å². The highest BCUT2D eigenvalue weighted by Gasteiger charge is 2.10. The molecule has 4 heteroatoms. The second-order valence-corrected chi connectivity index (χ2v) is 6.94. The van der Waals surface area contributed by atoms with Crippen LogP contribution in [-0.2, 0) is 6.61 Å². The monoisotopic (exact) mass is 373 g/mol. The summed E-state index contributed by atoms with van der Waals surface area (Å²) < 4.78 is 5.75. The lowest BCUT2D eigenvalue weighted by molar-refractivity contribution is 0.0946. The van der Waals surface area contributed by atoms with Crippen molar-refractivity contribution in [1.82, 2.24) is 5.32 Å². The van der Waals surface area contributed by atoms with Gasteiger partial charge in [-0.05, 0) is 42.7 Å². The number of rotatable bonds is 10. The first-order chi connectivity index (χ1) is 12.6. The standard InChI is InChI=1S/C22H28ClNO2/c1-3-5-8-17(4-2)15-24-22(25)18-11-13-20(14-12-18)26-16-19-9-6-7-10-21(19)23/h6-7,9-14,17H,3-5,8,15-16H2,1-2H3,(H,24,25)/t17-/m0/s1. The van der Waals surface area contributed by atoms with Gasteiger partial charge in [-0.3, -0.25) is 4.79 Å². The minimum absolute atomic E-state index is 0.0300. The number of benzene rings is 2. The van der Waals surface area contributed by atoms with Crippen molar-refractivity contribution < 1.29 is 9.53 Å². The molecule has 0 saturated carbocycles. The first-order valence-electron chi connectivity index (χ1n) is 9.38. The average molecular weight is 374 g/mol. The summed E-state index contributed by atoms with van der Waals surface area (Å²) in [5.74, 6) is 1.24. The van der Waals surface area contributed by atoms with E-state index in [2.05, 4.69) is 19.2 Å². The highest BCUT2D eigenvalue weighted by Crippen LogP contribution is 2.19. The molecule has 2 aromatic rings. The summed E-state index contributed by atoms with van der Waals surface area (Å²) in [6.07, 6.45) is 4.67. The Bertz CT molecular complexity index is 685. The van der Waals surface area contributed by atoms with Gasteiger partial charge in [0.1, 0.15) is 12.4 Å². The van der Waals surface area contributed by atoms with Crippen molar-refractivity contribution in [2.75, 3.05) is 6.54 Å². The van der Waals surface area contributed by atoms with Gasteiger partial charge >= 0.3 is 0 Å². The Hall–Kier alpha value is -2.00. The fourth-order valence-corrected chi connectivity index (χ4v) is 2.95. The quantitative estimate of drug-likeness (QED) is 0.566. The van der Waals surface area contributed by atoms with E-state index in [1.54, 1.807) is 12.1 Å². The molecule has 0 spiro atoms. The zero-order valence-electron chi connectivity index (χ0n) is 15.6. The van der Waals surface area contributed by atoms with Crippen LogP contribution in [0.1, 0.15) is 55.5 Å². The van der Waals surface area contributed by atoms with Crippen molar-refractivity contribution in [3.8, 4) is 5.75 Å². The third-order valence-electron chi connectivity index (χ3n) is 4.56. The number of hydrogen-bond donors (Lipinski definition) is 1. The van der Waals surface area contributed by atoms with Gasteiger partial charge in [-0.15, -0.1) is 0 Å². The number of carbonyl (C=O) groups is 1. The second kappa shape index (κ2) is 10.9. The topological polar surface area (TPSA) is 38.3 Å². The Balaban J connectivity index is 1.84. The lowest BCUT2D eigenvalue weighted by atomic mass is 9.99. The molecule has 0 unspecified atom stereocenters. The largest absolute Gasteiger partial charge is 0.489 e. The summed E-state index contributed by atoms with van der Waals surface area (Å²) >= 11 is 6.13. The van der Waals surface area contributed by atoms with E-state index in [-0.39, 0.29) is 5.91 Å². The zero-order chi connectivity index (χ0) is 18.8. The maximum atomic E-state index is 12.3. The fraction of sp³-hybridized carbons (Fsp3) is 0.409. The first kappa shape index (κ1) is 20.3. The van der Waals surface area contributed by atoms with Crippen LogP contribution in [-0.4, -0.2) is 12.5 Å². The molecule has 140 valence electrons. The van der Waals surface area contributed by atoms with Crippen molar-refractivity contribution >= 4 is 17.5 Å². The Morgan fingerprint density at radius 1 is 1.12 bits per heavy atom. The van der Waals surface area contributed by atoms with Crippen LogP contribution < -0.4 is 10.1 Å². The van der Waals surface area contributed by atoms with Gasteiger partial charge in [0.05, 0.1) is 0 Å². The normalized spacial score (nSPS) is 11.8. The van der Waals surface area contributed by atoms with Crippen molar-refractivity contribution in [1.29, 1.82) is 0 Å². The molecule has 0 saturated heterocycles. The number of amides is 1. The van der Waals surface area contributed by atoms with Crippen LogP contribution in [0.5, 0.6) is 5.75 Å². The molecule has 0 heterocycles. The molecular weight excluding hydrogens is 346 g/mol. The summed E-state index contributed by atoms with van der Waals surface area (Å²) in [5, 5.41) is 3.74. The van der Waals surface area contributed by atoms with Crippen LogP contribution >= 0.6 is 11.6 Å². The molecule has 0 aromatic heterocycles. The molecule has 0 bridgehead atoms. The van der Waals surface area contributed by atoms with E-state index in [4.69, 9.17) is 16.3 Å². The first-order valence-corrected chi connectivity index (χ1v) is 9.76. The second-order valence-electron chi connectivity index (χ2n) is 6.53. The SMILES string of the molecule is CCCC[C@H](CC)CNC(=O)c1ccc(OCc2ccccc2Cl)cc1. The van der Waals surface area contributed by atoms with E-state index < -0.39 is 0 Å². The molecular formula is C22H28ClNO2. The summed E-state index contributed by atoms with van der Waals surface area (Å²) in [6.45, 7) is 5.51. The van der Waals surface area contributed by atoms with Gasteiger partial charge in [0.25, 0.3) is 5.91 Å². The minimum atomic E-state index is -0.0300. The lowest BCUT2D eigenvalue weighted by Crippen LogP contribution is -2.29. The van der Waals surface area contributed by atoms with Gasteiger partial charge in [0.2, 0.25) is 0 Å². The Morgan fingerprint density at radius 3 is 2.50 bits per heavy atom. The predicted octanol–water partition coefficient (Wildman–Crippen LogP) is 5.87. The van der Waals surface area contributed by atoms with Crippen molar-refractivity contribution in [3.05, 3.63) is 64.7 Å². The predicted molar refractivity (Wildman–Crippen MR) is 108 cm³/mol. The van der Waals surface area contributed by atoms with Gasteiger partial charge in [0.15, 0.2) is 0 Å². The smallest absolute Gasteiger partial charge is 0.251 e. The van der Waals surface area contributed by atoms with Crippen molar-refractivity contribution in [3.63, 3.8) is 0 Å². The van der Waals surface area contributed by atoms with Gasteiger partial charge in [-0.2, -0.15) is 0 Å². The van der Waals surface area contributed by atoms with Crippen molar-refractivity contribution in [2.45, 2.75) is 46.1 Å². The van der Waals surface area contributed by atoms with E-state index in [1.165, 1.54) is 19.3 Å². The van der Waals surface area contributed by atoms with Crippen LogP contribution in [0, 0.1) is 5.92 Å².